The molecule has 128 heavy (non-hydrogen) atoms. The third-order valence-corrected chi connectivity index (χ3v) is 22.5. The van der Waals surface area contributed by atoms with E-state index < -0.39 is 107 Å². The van der Waals surface area contributed by atoms with Gasteiger partial charge in [-0.05, 0) is 170 Å². The number of carboxylic acids is 1. The second-order valence-corrected chi connectivity index (χ2v) is 30.0. The Morgan fingerprint density at radius 1 is 0.305 bits per heavy atom. The molecule has 12 aromatic carbocycles. The number of benzene rings is 12. The maximum atomic E-state index is 13.5. The molecule has 7 aliphatic rings. The lowest BCUT2D eigenvalue weighted by Gasteiger charge is -2.29. The molecule has 12 aromatic rings. The summed E-state index contributed by atoms with van der Waals surface area (Å²) >= 11 is 0. The van der Waals surface area contributed by atoms with Crippen LogP contribution in [0.15, 0.2) is 200 Å². The van der Waals surface area contributed by atoms with Gasteiger partial charge in [0.15, 0.2) is 6.29 Å². The topological polar surface area (TPSA) is 424 Å². The predicted octanol–water partition coefficient (Wildman–Crippen LogP) is 17.9. The maximum absolute atomic E-state index is 13.5. The highest BCUT2D eigenvalue weighted by Gasteiger charge is 2.40. The van der Waals surface area contributed by atoms with E-state index in [1.165, 1.54) is 170 Å². The molecule has 4 atom stereocenters. The summed E-state index contributed by atoms with van der Waals surface area (Å²) in [5.74, 6) is -18.7. The van der Waals surface area contributed by atoms with Gasteiger partial charge >= 0.3 is 84.1 Å². The number of carbonyl (C=O) groups is 15. The predicted molar refractivity (Wildman–Crippen MR) is 431 cm³/mol. The Morgan fingerprint density at radius 2 is 0.578 bits per heavy atom. The third-order valence-electron chi connectivity index (χ3n) is 22.5. The molecule has 1 aliphatic carbocycles. The number of esters is 11. The first-order valence-corrected chi connectivity index (χ1v) is 38.9. The molecule has 0 aromatic heterocycles. The second kappa shape index (κ2) is 31.4. The zero-order valence-electron chi connectivity index (χ0n) is 66.3. The first-order chi connectivity index (χ1) is 61.6. The number of carboxylic acid groups (broad SMARTS) is 1. The number of cyclic esters (lactones) is 10. The van der Waals surface area contributed by atoms with Crippen molar-refractivity contribution in [2.45, 2.75) is 58.0 Å². The highest BCUT2D eigenvalue weighted by atomic mass is 17.2. The van der Waals surface area contributed by atoms with Gasteiger partial charge in [-0.2, -0.15) is 4.89 Å². The Balaban J connectivity index is 0.933. The smallest absolute Gasteiger partial charge is 0.373 e. The van der Waals surface area contributed by atoms with Crippen molar-refractivity contribution in [3.63, 3.8) is 0 Å². The van der Waals surface area contributed by atoms with Gasteiger partial charge in [-0.3, -0.25) is 14.5 Å². The summed E-state index contributed by atoms with van der Waals surface area (Å²) in [6.07, 6.45) is 0.316. The molecule has 0 spiro atoms. The van der Waals surface area contributed by atoms with Gasteiger partial charge in [0.25, 0.3) is 0 Å². The van der Waals surface area contributed by atoms with Crippen LogP contribution in [0.25, 0.3) is 0 Å². The number of hydrogen-bond donors (Lipinski definition) is 1. The number of carbonyl (C=O) groups excluding carboxylic acids is 14. The molecule has 0 radical (unpaired) electrons. The van der Waals surface area contributed by atoms with Gasteiger partial charge in [0.1, 0.15) is 98.6 Å². The monoisotopic (exact) mass is 1720 g/mol. The highest BCUT2D eigenvalue weighted by molar-refractivity contribution is 6.18. The molecule has 19 rings (SSSR count). The molecule has 32 nitrogen and oxygen atoms in total. The van der Waals surface area contributed by atoms with Gasteiger partial charge < -0.3 is 71.4 Å². The number of aromatic carboxylic acids is 1. The zero-order chi connectivity index (χ0) is 89.1. The Morgan fingerprint density at radius 3 is 0.875 bits per heavy atom. The van der Waals surface area contributed by atoms with E-state index in [0.29, 0.717) is 11.8 Å². The molecular weight excluding hydrogens is 1670 g/mol. The minimum absolute atomic E-state index is 0.0179. The third kappa shape index (κ3) is 14.4. The van der Waals surface area contributed by atoms with Gasteiger partial charge in [-0.25, -0.2) is 62.3 Å². The molecule has 8 bridgehead atoms. The summed E-state index contributed by atoms with van der Waals surface area (Å²) in [6, 6.07) is 46.3. The van der Waals surface area contributed by atoms with Crippen molar-refractivity contribution in [1.82, 2.24) is 0 Å². The van der Waals surface area contributed by atoms with Crippen molar-refractivity contribution in [1.29, 1.82) is 0 Å². The van der Waals surface area contributed by atoms with Crippen LogP contribution >= 0.6 is 0 Å². The van der Waals surface area contributed by atoms with Gasteiger partial charge in [0, 0.05) is 104 Å². The fourth-order valence-electron chi connectivity index (χ4n) is 16.0. The quantitative estimate of drug-likeness (QED) is 0.0243. The molecule has 630 valence electrons. The first kappa shape index (κ1) is 80.2. The van der Waals surface area contributed by atoms with Crippen LogP contribution in [0, 0.1) is 0 Å². The highest BCUT2D eigenvalue weighted by Crippen LogP contribution is 2.55. The number of fused-ring (bicyclic) bond motifs is 14. The molecule has 0 fully saturated rings. The van der Waals surface area contributed by atoms with E-state index in [2.05, 4.69) is 0 Å². The summed E-state index contributed by atoms with van der Waals surface area (Å²) in [5.41, 5.74) is -0.0255. The molecule has 1 N–H and O–H groups in total. The summed E-state index contributed by atoms with van der Waals surface area (Å²) < 4.78 is 86.2. The minimum Gasteiger partial charge on any atom is -0.478 e. The van der Waals surface area contributed by atoms with Crippen LogP contribution in [0.3, 0.4) is 0 Å². The second-order valence-electron chi connectivity index (χ2n) is 30.0. The van der Waals surface area contributed by atoms with Crippen LogP contribution in [0.5, 0.6) is 92.0 Å². The average Bonchev–Trinajstić information content (AvgIpc) is 1.38. The number of rotatable bonds is 20. The fraction of sp³-hybridized carbons (Fsp3) is 0.0938. The fourth-order valence-corrected chi connectivity index (χ4v) is 16.0. The van der Waals surface area contributed by atoms with Gasteiger partial charge in [0.05, 0.1) is 72.3 Å². The summed E-state index contributed by atoms with van der Waals surface area (Å²) in [4.78, 5) is 207. The molecule has 4 unspecified atom stereocenters. The molecule has 0 saturated carbocycles. The van der Waals surface area contributed by atoms with E-state index in [1.54, 1.807) is 52.0 Å². The molecule has 0 saturated heterocycles. The lowest BCUT2D eigenvalue weighted by molar-refractivity contribution is -0.256. The SMILES string of the molecule is CC1c2cc(c(Oc3ccc(C(=O)O)c(C=O)c3)cc2Oc2cccc(C(=O)OC=O)c2)C(C)c2cc(c(Oc3ccc4c(c3)C(=O)OC4=O)cc2Oc2ccc3c(c2)C(=O)OC3=O)C(C)c2cc(c(Oc3ccc4c(c3)C(=O)OC4=O)cc2Oc2ccc3c(c2)C(=O)OC3=O)C(C)c2cc1c(Oc1ccc3c(c1)COOC3=O)cc2Oc1ccc2c(c1)C(=O)OC2=O. The van der Waals surface area contributed by atoms with Gasteiger partial charge in [-0.15, -0.1) is 0 Å². The number of hydrogen-bond acceptors (Lipinski definition) is 31. The van der Waals surface area contributed by atoms with Crippen LogP contribution < -0.4 is 37.9 Å². The van der Waals surface area contributed by atoms with Gasteiger partial charge in [0.2, 0.25) is 0 Å². The molecule has 0 amide bonds. The van der Waals surface area contributed by atoms with E-state index in [9.17, 15) is 77.0 Å². The van der Waals surface area contributed by atoms with Crippen LogP contribution in [0.1, 0.15) is 246 Å². The van der Waals surface area contributed by atoms with E-state index in [1.807, 2.05) is 0 Å². The molecule has 32 heteroatoms. The Kier molecular flexibility index (Phi) is 19.7. The summed E-state index contributed by atoms with van der Waals surface area (Å²) in [7, 11) is 0. The molecule has 6 heterocycles. The average molecular weight is 1720 g/mol. The van der Waals surface area contributed by atoms with E-state index in [-0.39, 0.29) is 222 Å². The Labute approximate surface area is 718 Å². The van der Waals surface area contributed by atoms with Crippen LogP contribution in [-0.2, 0) is 49.6 Å². The largest absolute Gasteiger partial charge is 0.478 e. The lowest BCUT2D eigenvalue weighted by atomic mass is 9.80. The standard InChI is InChI=1S/C96H54O32/c1-41-63-30-64(77(116-49-8-15-56(84(99)100)46(23-49)38-97)34-76(63)115-48-7-5-6-45(22-48)85(101)113-40-98)42(2)67-32-68(81(120-53-12-19-60-73(27-53)93(109)125-88(60)104)36-80(67)119-52-11-18-59-72(26-52)92(108)124-87(59)103)44(4)70-33-69(82(121-54-13-20-61-74(28-54)94(110)126-89(61)105)37-83(70)122-55-14-21-62-75(29-55)95(111)127-90(62)106)43(3)66-31-65(41)78(117-50-9-16-57-47(24-50)39-114-128-96(57)112)35-79(66)118-51-10-17-58-71(25-51)91(107)123-86(58)102/h5-38,40-44H,39H2,1-4H3,(H,99,100). The molecular formula is C96H54O32. The van der Waals surface area contributed by atoms with Gasteiger partial charge in [-0.1, -0.05) is 33.8 Å². The number of ether oxygens (including phenoxy) is 14. The van der Waals surface area contributed by atoms with Crippen LogP contribution in [0.2, 0.25) is 0 Å². The minimum atomic E-state index is -1.46. The van der Waals surface area contributed by atoms with Crippen LogP contribution in [0.4, 0.5) is 0 Å². The van der Waals surface area contributed by atoms with Crippen molar-refractivity contribution in [2.75, 3.05) is 0 Å². The van der Waals surface area contributed by atoms with Crippen molar-refractivity contribution in [3.05, 3.63) is 328 Å². The zero-order valence-corrected chi connectivity index (χ0v) is 66.3. The first-order valence-electron chi connectivity index (χ1n) is 38.9. The van der Waals surface area contributed by atoms with Crippen molar-refractivity contribution < 1.29 is 153 Å². The van der Waals surface area contributed by atoms with Crippen molar-refractivity contribution in [3.8, 4) is 92.0 Å². The van der Waals surface area contributed by atoms with E-state index in [0.717, 1.165) is 6.07 Å². The normalized spacial score (nSPS) is 16.5. The van der Waals surface area contributed by atoms with Crippen LogP contribution in [-0.4, -0.2) is 95.5 Å². The lowest BCUT2D eigenvalue weighted by Crippen LogP contribution is -2.15. The maximum Gasteiger partial charge on any atom is 0.373 e. The van der Waals surface area contributed by atoms with Crippen molar-refractivity contribution >= 4 is 90.4 Å². The Hall–Kier alpha value is -17.6. The molecule has 6 aliphatic heterocycles. The van der Waals surface area contributed by atoms with E-state index >= 15 is 0 Å². The summed E-state index contributed by atoms with van der Waals surface area (Å²) in [5, 5.41) is 10.3. The summed E-state index contributed by atoms with van der Waals surface area (Å²) in [6.45, 7) is 6.69. The van der Waals surface area contributed by atoms with E-state index in [4.69, 9.17) is 76.1 Å². The number of aldehydes is 1. The Bertz CT molecular complexity index is 7040. The van der Waals surface area contributed by atoms with Crippen molar-refractivity contribution in [2.24, 2.45) is 0 Å².